The number of nitrogens with zero attached hydrogens (tertiary/aromatic N) is 1. The number of hydrogen-bond donors (Lipinski definition) is 1. The number of halogens is 1. The molecule has 0 bridgehead atoms. The van der Waals surface area contributed by atoms with Crippen LogP contribution in [0.25, 0.3) is 0 Å². The van der Waals surface area contributed by atoms with Crippen molar-refractivity contribution in [3.05, 3.63) is 71.5 Å². The van der Waals surface area contributed by atoms with Gasteiger partial charge < -0.3 is 5.32 Å². The van der Waals surface area contributed by atoms with Gasteiger partial charge in [-0.05, 0) is 48.7 Å². The lowest BCUT2D eigenvalue weighted by Gasteiger charge is -2.16. The van der Waals surface area contributed by atoms with E-state index in [0.29, 0.717) is 18.0 Å². The molecule has 1 N–H and O–H groups in total. The minimum Gasteiger partial charge on any atom is -0.356 e. The number of benzene rings is 2. The molecule has 1 aliphatic heterocycles. The lowest BCUT2D eigenvalue weighted by atomic mass is 10.1. The summed E-state index contributed by atoms with van der Waals surface area (Å²) >= 11 is 0. The van der Waals surface area contributed by atoms with Crippen molar-refractivity contribution in [1.29, 1.82) is 0 Å². The summed E-state index contributed by atoms with van der Waals surface area (Å²) in [7, 11) is 0. The van der Waals surface area contributed by atoms with E-state index < -0.39 is 0 Å². The molecule has 1 amide bonds. The van der Waals surface area contributed by atoms with Crippen molar-refractivity contribution < 1.29 is 14.0 Å². The lowest BCUT2D eigenvalue weighted by molar-refractivity contribution is -0.121. The molecule has 0 saturated carbocycles. The van der Waals surface area contributed by atoms with Crippen molar-refractivity contribution >= 4 is 11.7 Å². The molecule has 5 heteroatoms. The lowest BCUT2D eigenvalue weighted by Crippen LogP contribution is -2.31. The van der Waals surface area contributed by atoms with Crippen molar-refractivity contribution in [2.24, 2.45) is 5.92 Å². The van der Waals surface area contributed by atoms with E-state index in [0.717, 1.165) is 26.1 Å². The van der Waals surface area contributed by atoms with Gasteiger partial charge in [-0.1, -0.05) is 30.3 Å². The minimum atomic E-state index is -0.373. The first kappa shape index (κ1) is 19.2. The van der Waals surface area contributed by atoms with E-state index in [-0.39, 0.29) is 30.3 Å². The van der Waals surface area contributed by atoms with Crippen LogP contribution in [0.15, 0.2) is 54.6 Å². The summed E-state index contributed by atoms with van der Waals surface area (Å²) in [5.74, 6) is -0.167. The number of amides is 1. The summed E-state index contributed by atoms with van der Waals surface area (Å²) in [6.07, 6.45) is 1.38. The average molecular weight is 368 g/mol. The van der Waals surface area contributed by atoms with Crippen LogP contribution in [0.4, 0.5) is 4.39 Å². The Kier molecular flexibility index (Phi) is 6.71. The second kappa shape index (κ2) is 9.42. The van der Waals surface area contributed by atoms with Crippen molar-refractivity contribution in [2.45, 2.75) is 25.8 Å². The third kappa shape index (κ3) is 6.00. The molecule has 1 fully saturated rings. The Hall–Kier alpha value is -2.53. The van der Waals surface area contributed by atoms with Gasteiger partial charge in [-0.25, -0.2) is 4.39 Å². The fraction of sp³-hybridized carbons (Fsp3) is 0.364. The third-order valence-corrected chi connectivity index (χ3v) is 4.95. The Balaban J connectivity index is 1.34. The summed E-state index contributed by atoms with van der Waals surface area (Å²) in [5, 5.41) is 2.95. The Labute approximate surface area is 159 Å². The zero-order valence-electron chi connectivity index (χ0n) is 15.4. The van der Waals surface area contributed by atoms with E-state index in [1.165, 1.54) is 29.8 Å². The van der Waals surface area contributed by atoms with Crippen LogP contribution in [0.2, 0.25) is 0 Å². The molecule has 0 aliphatic carbocycles. The summed E-state index contributed by atoms with van der Waals surface area (Å²) in [6, 6.07) is 15.8. The number of nitrogens with one attached hydrogen (secondary N) is 1. The molecule has 1 atom stereocenters. The highest BCUT2D eigenvalue weighted by molar-refractivity contribution is 5.97. The van der Waals surface area contributed by atoms with Crippen molar-refractivity contribution in [2.75, 3.05) is 19.6 Å². The van der Waals surface area contributed by atoms with Gasteiger partial charge in [0, 0.05) is 38.0 Å². The van der Waals surface area contributed by atoms with E-state index in [9.17, 15) is 14.0 Å². The molecular formula is C22H25FN2O2. The van der Waals surface area contributed by atoms with Crippen LogP contribution in [0.3, 0.4) is 0 Å². The van der Waals surface area contributed by atoms with Gasteiger partial charge in [-0.3, -0.25) is 14.5 Å². The number of hydrogen-bond acceptors (Lipinski definition) is 3. The number of ketones is 1. The molecule has 1 heterocycles. The van der Waals surface area contributed by atoms with E-state index in [2.05, 4.69) is 34.5 Å². The quantitative estimate of drug-likeness (QED) is 0.727. The minimum absolute atomic E-state index is 0.105. The highest BCUT2D eigenvalue weighted by atomic mass is 19.1. The van der Waals surface area contributed by atoms with Gasteiger partial charge in [0.1, 0.15) is 5.82 Å². The highest BCUT2D eigenvalue weighted by Gasteiger charge is 2.22. The second-order valence-corrected chi connectivity index (χ2v) is 7.11. The Morgan fingerprint density at radius 2 is 1.78 bits per heavy atom. The molecule has 2 aromatic carbocycles. The molecule has 0 aromatic heterocycles. The molecule has 27 heavy (non-hydrogen) atoms. The van der Waals surface area contributed by atoms with Crippen molar-refractivity contribution in [3.8, 4) is 0 Å². The summed E-state index contributed by atoms with van der Waals surface area (Å²) in [4.78, 5) is 26.5. The summed E-state index contributed by atoms with van der Waals surface area (Å²) < 4.78 is 12.9. The summed E-state index contributed by atoms with van der Waals surface area (Å²) in [6.45, 7) is 3.61. The zero-order chi connectivity index (χ0) is 19.1. The number of carbonyl (C=O) groups is 2. The maximum absolute atomic E-state index is 12.9. The number of carbonyl (C=O) groups excluding carboxylic acids is 2. The van der Waals surface area contributed by atoms with Crippen molar-refractivity contribution in [3.63, 3.8) is 0 Å². The first-order valence-electron chi connectivity index (χ1n) is 9.42. The van der Waals surface area contributed by atoms with E-state index >= 15 is 0 Å². The molecule has 142 valence electrons. The van der Waals surface area contributed by atoms with Crippen LogP contribution in [-0.4, -0.2) is 36.2 Å². The predicted octanol–water partition coefficient (Wildman–Crippen LogP) is 3.43. The van der Waals surface area contributed by atoms with E-state index in [1.807, 2.05) is 6.07 Å². The largest absolute Gasteiger partial charge is 0.356 e. The molecule has 1 aliphatic rings. The van der Waals surface area contributed by atoms with Crippen LogP contribution in [0.1, 0.15) is 35.2 Å². The highest BCUT2D eigenvalue weighted by Crippen LogP contribution is 2.18. The molecule has 2 aromatic rings. The maximum atomic E-state index is 12.9. The standard InChI is InChI=1S/C22H25FN2O2/c23-20-8-6-19(7-9-20)21(26)10-11-22(27)24-14-18-12-13-25(16-18)15-17-4-2-1-3-5-17/h1-9,18H,10-16H2,(H,24,27)/t18-/m0/s1. The number of Topliss-reactive ketones (excluding diaryl/α,β-unsaturated/α-hetero) is 1. The van der Waals surface area contributed by atoms with Gasteiger partial charge in [-0.2, -0.15) is 0 Å². The van der Waals surface area contributed by atoms with Crippen LogP contribution in [-0.2, 0) is 11.3 Å². The van der Waals surface area contributed by atoms with Gasteiger partial charge >= 0.3 is 0 Å². The van der Waals surface area contributed by atoms with Gasteiger partial charge in [0.25, 0.3) is 0 Å². The van der Waals surface area contributed by atoms with Gasteiger partial charge in [0.2, 0.25) is 5.91 Å². The van der Waals surface area contributed by atoms with Crippen LogP contribution in [0.5, 0.6) is 0 Å². The molecular weight excluding hydrogens is 343 g/mol. The van der Waals surface area contributed by atoms with Gasteiger partial charge in [-0.15, -0.1) is 0 Å². The monoisotopic (exact) mass is 368 g/mol. The number of likely N-dealkylation sites (tertiary alicyclic amines) is 1. The Bertz CT molecular complexity index is 762. The van der Waals surface area contributed by atoms with E-state index in [4.69, 9.17) is 0 Å². The second-order valence-electron chi connectivity index (χ2n) is 7.11. The molecule has 0 radical (unpaired) electrons. The maximum Gasteiger partial charge on any atom is 0.220 e. The molecule has 1 saturated heterocycles. The van der Waals surface area contributed by atoms with E-state index in [1.54, 1.807) is 0 Å². The molecule has 0 spiro atoms. The topological polar surface area (TPSA) is 49.4 Å². The molecule has 3 rings (SSSR count). The summed E-state index contributed by atoms with van der Waals surface area (Å²) in [5.41, 5.74) is 1.75. The number of rotatable bonds is 8. The fourth-order valence-electron chi connectivity index (χ4n) is 3.42. The van der Waals surface area contributed by atoms with Gasteiger partial charge in [0.05, 0.1) is 0 Å². The average Bonchev–Trinajstić information content (AvgIpc) is 3.13. The predicted molar refractivity (Wildman–Crippen MR) is 103 cm³/mol. The van der Waals surface area contributed by atoms with Crippen LogP contribution in [0, 0.1) is 11.7 Å². The van der Waals surface area contributed by atoms with Crippen molar-refractivity contribution in [1.82, 2.24) is 10.2 Å². The first-order chi connectivity index (χ1) is 13.1. The zero-order valence-corrected chi connectivity index (χ0v) is 15.4. The van der Waals surface area contributed by atoms with Crippen LogP contribution < -0.4 is 5.32 Å². The third-order valence-electron chi connectivity index (χ3n) is 4.95. The Morgan fingerprint density at radius 3 is 2.52 bits per heavy atom. The molecule has 0 unspecified atom stereocenters. The van der Waals surface area contributed by atoms with Gasteiger partial charge in [0.15, 0.2) is 5.78 Å². The Morgan fingerprint density at radius 1 is 1.04 bits per heavy atom. The van der Waals surface area contributed by atoms with Crippen LogP contribution >= 0.6 is 0 Å². The normalized spacial score (nSPS) is 17.0. The smallest absolute Gasteiger partial charge is 0.220 e. The fourth-order valence-corrected chi connectivity index (χ4v) is 3.42. The SMILES string of the molecule is O=C(CCC(=O)c1ccc(F)cc1)NC[C@@H]1CCN(Cc2ccccc2)C1. The molecule has 4 nitrogen and oxygen atoms in total. The first-order valence-corrected chi connectivity index (χ1v) is 9.42.